The summed E-state index contributed by atoms with van der Waals surface area (Å²) in [6, 6.07) is 3.43. The molecule has 1 saturated carbocycles. The fraction of sp³-hybridized carbons (Fsp3) is 0.533. The van der Waals surface area contributed by atoms with Crippen LogP contribution in [0.4, 0.5) is 4.39 Å². The van der Waals surface area contributed by atoms with Crippen molar-refractivity contribution in [1.29, 1.82) is 0 Å². The van der Waals surface area contributed by atoms with Crippen LogP contribution in [0.1, 0.15) is 24.8 Å². The average molecular weight is 293 g/mol. The third-order valence-corrected chi connectivity index (χ3v) is 5.06. The molecule has 0 atom stereocenters. The Hall–Kier alpha value is -1.20. The number of hydrogen-bond donors (Lipinski definition) is 1. The van der Waals surface area contributed by atoms with Crippen molar-refractivity contribution in [2.45, 2.75) is 38.3 Å². The van der Waals surface area contributed by atoms with E-state index >= 15 is 0 Å². The Bertz CT molecular complexity index is 710. The molecule has 3 rings (SSSR count). The summed E-state index contributed by atoms with van der Waals surface area (Å²) >= 11 is 5.43. The summed E-state index contributed by atoms with van der Waals surface area (Å²) in [7, 11) is 4.26. The number of halogens is 1. The molecule has 1 N–H and O–H groups in total. The standard InChI is InChI=1S/C15H20FN3S/c1-10-7-13-12(8-11(10)16)17-14(20)19(13)9-15(18(2)3)5-4-6-15/h7-8H,4-6,9H2,1-3H3,(H,17,20). The van der Waals surface area contributed by atoms with Crippen molar-refractivity contribution in [3.05, 3.63) is 28.3 Å². The topological polar surface area (TPSA) is 24.0 Å². The first-order valence-electron chi connectivity index (χ1n) is 6.99. The first kappa shape index (κ1) is 13.8. The van der Waals surface area contributed by atoms with Gasteiger partial charge in [-0.3, -0.25) is 0 Å². The van der Waals surface area contributed by atoms with Gasteiger partial charge in [0.1, 0.15) is 5.82 Å². The second-order valence-corrected chi connectivity index (χ2v) is 6.49. The predicted octanol–water partition coefficient (Wildman–Crippen LogP) is 3.63. The molecular formula is C15H20FN3S. The minimum atomic E-state index is -0.188. The third kappa shape index (κ3) is 2.00. The van der Waals surface area contributed by atoms with E-state index in [1.807, 2.05) is 6.07 Å². The molecule has 108 valence electrons. The van der Waals surface area contributed by atoms with Crippen LogP contribution in [0.15, 0.2) is 12.1 Å². The summed E-state index contributed by atoms with van der Waals surface area (Å²) < 4.78 is 16.5. The number of aromatic amines is 1. The van der Waals surface area contributed by atoms with Crippen LogP contribution in [0.25, 0.3) is 11.0 Å². The molecule has 0 saturated heterocycles. The first-order valence-corrected chi connectivity index (χ1v) is 7.40. The molecule has 1 aliphatic carbocycles. The number of aromatic nitrogens is 2. The minimum Gasteiger partial charge on any atom is -0.330 e. The van der Waals surface area contributed by atoms with Crippen molar-refractivity contribution in [2.75, 3.05) is 14.1 Å². The van der Waals surface area contributed by atoms with E-state index in [9.17, 15) is 4.39 Å². The van der Waals surface area contributed by atoms with Crippen LogP contribution >= 0.6 is 12.2 Å². The van der Waals surface area contributed by atoms with E-state index in [1.54, 1.807) is 13.0 Å². The van der Waals surface area contributed by atoms with Gasteiger partial charge in [-0.05, 0) is 70.2 Å². The van der Waals surface area contributed by atoms with Crippen LogP contribution in [0.5, 0.6) is 0 Å². The molecule has 1 aliphatic rings. The maximum Gasteiger partial charge on any atom is 0.178 e. The summed E-state index contributed by atoms with van der Waals surface area (Å²) in [4.78, 5) is 5.42. The molecule has 1 fully saturated rings. The van der Waals surface area contributed by atoms with Crippen LogP contribution in [0.2, 0.25) is 0 Å². The lowest BCUT2D eigenvalue weighted by Crippen LogP contribution is -2.53. The molecule has 0 bridgehead atoms. The molecular weight excluding hydrogens is 273 g/mol. The Morgan fingerprint density at radius 1 is 1.40 bits per heavy atom. The zero-order valence-electron chi connectivity index (χ0n) is 12.2. The monoisotopic (exact) mass is 293 g/mol. The second-order valence-electron chi connectivity index (χ2n) is 6.11. The third-order valence-electron chi connectivity index (χ3n) is 4.74. The van der Waals surface area contributed by atoms with Crippen molar-refractivity contribution >= 4 is 23.3 Å². The molecule has 1 aromatic carbocycles. The summed E-state index contributed by atoms with van der Waals surface area (Å²) in [5.41, 5.74) is 2.64. The van der Waals surface area contributed by atoms with Gasteiger partial charge < -0.3 is 14.5 Å². The van der Waals surface area contributed by atoms with E-state index in [0.717, 1.165) is 17.6 Å². The number of aryl methyl sites for hydroxylation is 1. The zero-order valence-corrected chi connectivity index (χ0v) is 13.0. The molecule has 0 spiro atoms. The quantitative estimate of drug-likeness (QED) is 0.874. The van der Waals surface area contributed by atoms with E-state index < -0.39 is 0 Å². The second kappa shape index (κ2) is 4.67. The number of nitrogens with zero attached hydrogens (tertiary/aromatic N) is 2. The van der Waals surface area contributed by atoms with Crippen molar-refractivity contribution in [3.8, 4) is 0 Å². The summed E-state index contributed by atoms with van der Waals surface area (Å²) in [6.07, 6.45) is 3.64. The number of hydrogen-bond acceptors (Lipinski definition) is 2. The molecule has 5 heteroatoms. The van der Waals surface area contributed by atoms with E-state index in [2.05, 4.69) is 28.5 Å². The minimum absolute atomic E-state index is 0.188. The smallest absolute Gasteiger partial charge is 0.178 e. The van der Waals surface area contributed by atoms with Crippen LogP contribution in [-0.2, 0) is 6.54 Å². The molecule has 3 nitrogen and oxygen atoms in total. The normalized spacial score (nSPS) is 17.6. The molecule has 1 aromatic heterocycles. The number of benzene rings is 1. The van der Waals surface area contributed by atoms with Crippen molar-refractivity contribution in [2.24, 2.45) is 0 Å². The zero-order chi connectivity index (χ0) is 14.5. The van der Waals surface area contributed by atoms with Gasteiger partial charge in [0, 0.05) is 12.1 Å². The summed E-state index contributed by atoms with van der Waals surface area (Å²) in [5.74, 6) is -0.188. The number of fused-ring (bicyclic) bond motifs is 1. The maximum atomic E-state index is 13.7. The van der Waals surface area contributed by atoms with Gasteiger partial charge in [0.25, 0.3) is 0 Å². The van der Waals surface area contributed by atoms with Gasteiger partial charge in [0.05, 0.1) is 11.0 Å². The lowest BCUT2D eigenvalue weighted by Gasteiger charge is -2.47. The Labute approximate surface area is 123 Å². The number of nitrogens with one attached hydrogen (secondary N) is 1. The number of rotatable bonds is 3. The Kier molecular flexibility index (Phi) is 3.21. The fourth-order valence-corrected chi connectivity index (χ4v) is 3.34. The lowest BCUT2D eigenvalue weighted by molar-refractivity contribution is 0.0431. The fourth-order valence-electron chi connectivity index (χ4n) is 3.06. The molecule has 20 heavy (non-hydrogen) atoms. The predicted molar refractivity (Wildman–Crippen MR) is 82.1 cm³/mol. The highest BCUT2D eigenvalue weighted by Crippen LogP contribution is 2.38. The first-order chi connectivity index (χ1) is 9.43. The molecule has 0 radical (unpaired) electrons. The van der Waals surface area contributed by atoms with Gasteiger partial charge in [-0.15, -0.1) is 0 Å². The van der Waals surface area contributed by atoms with Gasteiger partial charge in [-0.2, -0.15) is 0 Å². The van der Waals surface area contributed by atoms with Crippen molar-refractivity contribution < 1.29 is 4.39 Å². The van der Waals surface area contributed by atoms with Gasteiger partial charge in [-0.1, -0.05) is 0 Å². The molecule has 2 aromatic rings. The van der Waals surface area contributed by atoms with E-state index in [0.29, 0.717) is 10.3 Å². The van der Waals surface area contributed by atoms with Crippen molar-refractivity contribution in [3.63, 3.8) is 0 Å². The van der Waals surface area contributed by atoms with Crippen LogP contribution in [0, 0.1) is 17.5 Å². The van der Waals surface area contributed by atoms with E-state index in [1.165, 1.54) is 19.3 Å². The van der Waals surface area contributed by atoms with Crippen LogP contribution in [-0.4, -0.2) is 34.1 Å². The van der Waals surface area contributed by atoms with Gasteiger partial charge in [0.2, 0.25) is 0 Å². The Morgan fingerprint density at radius 3 is 2.65 bits per heavy atom. The number of imidazole rings is 1. The molecule has 1 heterocycles. The van der Waals surface area contributed by atoms with Gasteiger partial charge in [0.15, 0.2) is 4.77 Å². The summed E-state index contributed by atoms with van der Waals surface area (Å²) in [6.45, 7) is 2.66. The average Bonchev–Trinajstić information content (AvgIpc) is 2.60. The molecule has 0 unspecified atom stereocenters. The Balaban J connectivity index is 2.10. The van der Waals surface area contributed by atoms with E-state index in [-0.39, 0.29) is 11.4 Å². The van der Waals surface area contributed by atoms with Crippen LogP contribution in [0.3, 0.4) is 0 Å². The molecule has 0 amide bonds. The Morgan fingerprint density at radius 2 is 2.10 bits per heavy atom. The SMILES string of the molecule is Cc1cc2c(cc1F)[nH]c(=S)n2CC1(N(C)C)CCC1. The highest BCUT2D eigenvalue weighted by Gasteiger charge is 2.39. The van der Waals surface area contributed by atoms with Gasteiger partial charge >= 0.3 is 0 Å². The lowest BCUT2D eigenvalue weighted by atomic mass is 9.75. The van der Waals surface area contributed by atoms with E-state index in [4.69, 9.17) is 12.2 Å². The highest BCUT2D eigenvalue weighted by atomic mass is 32.1. The van der Waals surface area contributed by atoms with Crippen molar-refractivity contribution in [1.82, 2.24) is 14.5 Å². The number of likely N-dealkylation sites (N-methyl/N-ethyl adjacent to an activating group) is 1. The van der Waals surface area contributed by atoms with Crippen LogP contribution < -0.4 is 0 Å². The largest absolute Gasteiger partial charge is 0.330 e. The van der Waals surface area contributed by atoms with Gasteiger partial charge in [-0.25, -0.2) is 4.39 Å². The highest BCUT2D eigenvalue weighted by molar-refractivity contribution is 7.71. The molecule has 0 aliphatic heterocycles. The maximum absolute atomic E-state index is 13.7. The number of H-pyrrole nitrogens is 1. The summed E-state index contributed by atoms with van der Waals surface area (Å²) in [5, 5.41) is 0.